The van der Waals surface area contributed by atoms with Gasteiger partial charge in [-0.2, -0.15) is 0 Å². The first-order valence-electron chi connectivity index (χ1n) is 8.78. The average molecular weight is 336 g/mol. The molecule has 0 saturated carbocycles. The number of hydrogen-bond acceptors (Lipinski definition) is 1. The summed E-state index contributed by atoms with van der Waals surface area (Å²) in [5, 5.41) is 10.7. The highest BCUT2D eigenvalue weighted by molar-refractivity contribution is 5.97. The number of aromatic hydroxyl groups is 1. The second-order valence-corrected chi connectivity index (χ2v) is 6.42. The van der Waals surface area contributed by atoms with Crippen LogP contribution in [-0.2, 0) is 0 Å². The summed E-state index contributed by atoms with van der Waals surface area (Å²) in [6.45, 7) is 1.98. The van der Waals surface area contributed by atoms with Crippen LogP contribution in [0.1, 0.15) is 5.56 Å². The van der Waals surface area contributed by atoms with E-state index in [1.807, 2.05) is 55.5 Å². The first-order chi connectivity index (χ1) is 12.8. The monoisotopic (exact) mass is 336 g/mol. The smallest absolute Gasteiger partial charge is 0.119 e. The third-order valence-corrected chi connectivity index (χ3v) is 4.77. The minimum atomic E-state index is 0.322. The van der Waals surface area contributed by atoms with Crippen LogP contribution in [0, 0.1) is 6.92 Å². The minimum Gasteiger partial charge on any atom is -0.508 e. The molecule has 0 aliphatic rings. The first kappa shape index (κ1) is 16.2. The fourth-order valence-corrected chi connectivity index (χ4v) is 3.48. The molecule has 0 radical (unpaired) electrons. The molecule has 0 spiro atoms. The summed E-state index contributed by atoms with van der Waals surface area (Å²) in [6, 6.07) is 32.8. The van der Waals surface area contributed by atoms with E-state index >= 15 is 0 Å². The molecule has 126 valence electrons. The fraction of sp³-hybridized carbons (Fsp3) is 0.0400. The van der Waals surface area contributed by atoms with E-state index in [1.54, 1.807) is 0 Å². The Morgan fingerprint density at radius 3 is 1.46 bits per heavy atom. The van der Waals surface area contributed by atoms with Crippen molar-refractivity contribution in [2.24, 2.45) is 0 Å². The van der Waals surface area contributed by atoms with Gasteiger partial charge in [-0.25, -0.2) is 0 Å². The van der Waals surface area contributed by atoms with Gasteiger partial charge in [-0.3, -0.25) is 0 Å². The first-order valence-corrected chi connectivity index (χ1v) is 8.78. The van der Waals surface area contributed by atoms with Crippen molar-refractivity contribution in [2.75, 3.05) is 0 Å². The molecule has 0 unspecified atom stereocenters. The van der Waals surface area contributed by atoms with E-state index in [2.05, 4.69) is 48.5 Å². The zero-order chi connectivity index (χ0) is 17.9. The molecule has 4 rings (SSSR count). The third kappa shape index (κ3) is 2.89. The summed E-state index contributed by atoms with van der Waals surface area (Å²) < 4.78 is 0. The van der Waals surface area contributed by atoms with Gasteiger partial charge < -0.3 is 5.11 Å². The van der Waals surface area contributed by atoms with Crippen LogP contribution in [0.4, 0.5) is 0 Å². The maximum absolute atomic E-state index is 10.7. The van der Waals surface area contributed by atoms with Crippen molar-refractivity contribution in [1.29, 1.82) is 0 Å². The molecule has 26 heavy (non-hydrogen) atoms. The van der Waals surface area contributed by atoms with Gasteiger partial charge in [0.15, 0.2) is 0 Å². The van der Waals surface area contributed by atoms with Gasteiger partial charge in [-0.1, -0.05) is 91.0 Å². The summed E-state index contributed by atoms with van der Waals surface area (Å²) in [6.07, 6.45) is 0. The van der Waals surface area contributed by atoms with Crippen molar-refractivity contribution >= 4 is 0 Å². The number of phenols is 1. The Hall–Kier alpha value is -3.32. The Morgan fingerprint density at radius 1 is 0.538 bits per heavy atom. The molecule has 0 aliphatic carbocycles. The lowest BCUT2D eigenvalue weighted by Gasteiger charge is -2.20. The van der Waals surface area contributed by atoms with Crippen LogP contribution in [0.15, 0.2) is 97.1 Å². The van der Waals surface area contributed by atoms with Crippen LogP contribution < -0.4 is 0 Å². The van der Waals surface area contributed by atoms with Crippen molar-refractivity contribution in [3.63, 3.8) is 0 Å². The Morgan fingerprint density at radius 2 is 0.962 bits per heavy atom. The number of phenolic OH excluding ortho intramolecular Hbond substituents is 1. The second-order valence-electron chi connectivity index (χ2n) is 6.42. The van der Waals surface area contributed by atoms with E-state index in [4.69, 9.17) is 0 Å². The van der Waals surface area contributed by atoms with E-state index in [9.17, 15) is 5.11 Å². The minimum absolute atomic E-state index is 0.322. The molecule has 0 saturated heterocycles. The van der Waals surface area contributed by atoms with E-state index < -0.39 is 0 Å². The quantitative estimate of drug-likeness (QED) is 0.441. The summed E-state index contributed by atoms with van der Waals surface area (Å²) in [5.41, 5.74) is 7.52. The molecule has 0 atom stereocenters. The molecule has 1 nitrogen and oxygen atoms in total. The van der Waals surface area contributed by atoms with Gasteiger partial charge >= 0.3 is 0 Å². The van der Waals surface area contributed by atoms with Crippen molar-refractivity contribution < 1.29 is 5.11 Å². The Kier molecular flexibility index (Phi) is 4.28. The molecule has 0 bridgehead atoms. The van der Waals surface area contributed by atoms with Crippen LogP contribution >= 0.6 is 0 Å². The molecular formula is C25H20O. The van der Waals surface area contributed by atoms with Gasteiger partial charge in [0.1, 0.15) is 5.75 Å². The van der Waals surface area contributed by atoms with Crippen LogP contribution in [-0.4, -0.2) is 5.11 Å². The highest BCUT2D eigenvalue weighted by Crippen LogP contribution is 2.45. The molecule has 0 fully saturated rings. The fourth-order valence-electron chi connectivity index (χ4n) is 3.48. The maximum Gasteiger partial charge on any atom is 0.119 e. The summed E-state index contributed by atoms with van der Waals surface area (Å²) in [4.78, 5) is 0. The molecular weight excluding hydrogens is 316 g/mol. The lowest BCUT2D eigenvalue weighted by molar-refractivity contribution is 0.472. The molecule has 0 heterocycles. The number of benzene rings is 4. The largest absolute Gasteiger partial charge is 0.508 e. The average Bonchev–Trinajstić information content (AvgIpc) is 2.71. The van der Waals surface area contributed by atoms with E-state index in [0.29, 0.717) is 5.75 Å². The van der Waals surface area contributed by atoms with Gasteiger partial charge in [0.25, 0.3) is 0 Å². The van der Waals surface area contributed by atoms with Crippen LogP contribution in [0.2, 0.25) is 0 Å². The Bertz CT molecular complexity index is 1020. The zero-order valence-corrected chi connectivity index (χ0v) is 14.7. The lowest BCUT2D eigenvalue weighted by atomic mass is 9.84. The standard InChI is InChI=1S/C25H20O/c1-18-23(26)17-22(19-11-5-2-6-12-19)25(21-15-9-4-10-16-21)24(18)20-13-7-3-8-14-20/h2-17,26H,1H3. The summed E-state index contributed by atoms with van der Waals surface area (Å²) in [7, 11) is 0. The highest BCUT2D eigenvalue weighted by Gasteiger charge is 2.19. The summed E-state index contributed by atoms with van der Waals surface area (Å²) in [5.74, 6) is 0.322. The summed E-state index contributed by atoms with van der Waals surface area (Å²) >= 11 is 0. The molecule has 4 aromatic carbocycles. The van der Waals surface area contributed by atoms with Crippen molar-refractivity contribution in [2.45, 2.75) is 6.92 Å². The molecule has 1 heteroatoms. The topological polar surface area (TPSA) is 20.2 Å². The predicted molar refractivity (Wildman–Crippen MR) is 109 cm³/mol. The van der Waals surface area contributed by atoms with Gasteiger partial charge in [0, 0.05) is 0 Å². The highest BCUT2D eigenvalue weighted by atomic mass is 16.3. The third-order valence-electron chi connectivity index (χ3n) is 4.77. The molecule has 0 aliphatic heterocycles. The predicted octanol–water partition coefficient (Wildman–Crippen LogP) is 6.70. The van der Waals surface area contributed by atoms with E-state index in [0.717, 1.165) is 38.9 Å². The normalized spacial score (nSPS) is 10.7. The number of hydrogen-bond donors (Lipinski definition) is 1. The van der Waals surface area contributed by atoms with Crippen molar-refractivity contribution in [1.82, 2.24) is 0 Å². The van der Waals surface area contributed by atoms with Gasteiger partial charge in [0.05, 0.1) is 0 Å². The van der Waals surface area contributed by atoms with Crippen LogP contribution in [0.5, 0.6) is 5.75 Å². The molecule has 0 amide bonds. The molecule has 0 aromatic heterocycles. The van der Waals surface area contributed by atoms with Crippen LogP contribution in [0.3, 0.4) is 0 Å². The maximum atomic E-state index is 10.7. The van der Waals surface area contributed by atoms with Gasteiger partial charge in [-0.15, -0.1) is 0 Å². The van der Waals surface area contributed by atoms with E-state index in [-0.39, 0.29) is 0 Å². The SMILES string of the molecule is Cc1c(O)cc(-c2ccccc2)c(-c2ccccc2)c1-c1ccccc1. The molecule has 1 N–H and O–H groups in total. The van der Waals surface area contributed by atoms with E-state index in [1.165, 1.54) is 0 Å². The second kappa shape index (κ2) is 6.89. The van der Waals surface area contributed by atoms with Crippen LogP contribution in [0.25, 0.3) is 33.4 Å². The molecule has 4 aromatic rings. The number of rotatable bonds is 3. The lowest BCUT2D eigenvalue weighted by Crippen LogP contribution is -1.94. The Labute approximate surface area is 154 Å². The zero-order valence-electron chi connectivity index (χ0n) is 14.7. The van der Waals surface area contributed by atoms with Crippen molar-refractivity contribution in [3.05, 3.63) is 103 Å². The van der Waals surface area contributed by atoms with Gasteiger partial charge in [0.2, 0.25) is 0 Å². The van der Waals surface area contributed by atoms with Gasteiger partial charge in [-0.05, 0) is 51.9 Å². The Balaban J connectivity index is 2.12. The van der Waals surface area contributed by atoms with Crippen molar-refractivity contribution in [3.8, 4) is 39.1 Å².